The highest BCUT2D eigenvalue weighted by Gasteiger charge is 2.20. The van der Waals surface area contributed by atoms with Gasteiger partial charge in [-0.1, -0.05) is 18.2 Å². The van der Waals surface area contributed by atoms with Crippen molar-refractivity contribution in [3.8, 4) is 16.9 Å². The van der Waals surface area contributed by atoms with Gasteiger partial charge in [-0.25, -0.2) is 0 Å². The number of hydrogen-bond acceptors (Lipinski definition) is 2. The molecule has 4 rings (SSSR count). The maximum atomic E-state index is 5.61. The summed E-state index contributed by atoms with van der Waals surface area (Å²) >= 11 is 0. The molecule has 2 aromatic carbocycles. The van der Waals surface area contributed by atoms with E-state index >= 15 is 0 Å². The number of nitrogens with one attached hydrogen (secondary N) is 1. The Hall–Kier alpha value is -1.80. The summed E-state index contributed by atoms with van der Waals surface area (Å²) in [6.07, 6.45) is 3.71. The minimum Gasteiger partial charge on any atom is -0.493 e. The third kappa shape index (κ3) is 2.68. The molecule has 1 aliphatic carbocycles. The van der Waals surface area contributed by atoms with Gasteiger partial charge in [-0.3, -0.25) is 0 Å². The van der Waals surface area contributed by atoms with Crippen LogP contribution in [0.4, 0.5) is 0 Å². The van der Waals surface area contributed by atoms with Crippen LogP contribution in [0.5, 0.6) is 5.75 Å². The first-order valence-electron chi connectivity index (χ1n) is 7.88. The summed E-state index contributed by atoms with van der Waals surface area (Å²) in [6, 6.07) is 14.2. The lowest BCUT2D eigenvalue weighted by molar-refractivity contribution is 0.357. The summed E-state index contributed by atoms with van der Waals surface area (Å²) in [7, 11) is 0. The smallest absolute Gasteiger partial charge is 0.122 e. The third-order valence-electron chi connectivity index (χ3n) is 4.47. The minimum absolute atomic E-state index is 0.756. The van der Waals surface area contributed by atoms with Crippen LogP contribution in [0.3, 0.4) is 0 Å². The zero-order chi connectivity index (χ0) is 14.2. The Morgan fingerprint density at radius 1 is 1.14 bits per heavy atom. The van der Waals surface area contributed by atoms with E-state index in [4.69, 9.17) is 4.74 Å². The average molecular weight is 279 g/mol. The fourth-order valence-electron chi connectivity index (χ4n) is 2.99. The molecule has 0 radical (unpaired) electrons. The molecule has 0 aromatic heterocycles. The highest BCUT2D eigenvalue weighted by molar-refractivity contribution is 5.70. The van der Waals surface area contributed by atoms with Gasteiger partial charge in [0.05, 0.1) is 6.61 Å². The molecule has 1 heterocycles. The van der Waals surface area contributed by atoms with Crippen LogP contribution in [0.15, 0.2) is 36.4 Å². The standard InChI is InChI=1S/C19H21NO/c1-13-2-3-14(12-20-17-5-6-17)10-18(13)15-4-7-19-16(11-15)8-9-21-19/h2-4,7,10-11,17,20H,5-6,8-9,12H2,1H3. The molecule has 0 bridgehead atoms. The molecule has 0 unspecified atom stereocenters. The number of aryl methyl sites for hydroxylation is 1. The lowest BCUT2D eigenvalue weighted by atomic mass is 9.96. The Morgan fingerprint density at radius 2 is 2.05 bits per heavy atom. The summed E-state index contributed by atoms with van der Waals surface area (Å²) in [5.41, 5.74) is 6.71. The predicted octanol–water partition coefficient (Wildman–Crippen LogP) is 3.85. The van der Waals surface area contributed by atoms with Gasteiger partial charge in [0.1, 0.15) is 5.75 Å². The normalized spacial score (nSPS) is 16.6. The summed E-state index contributed by atoms with van der Waals surface area (Å²) in [5.74, 6) is 1.06. The van der Waals surface area contributed by atoms with Crippen molar-refractivity contribution in [2.75, 3.05) is 6.61 Å². The molecule has 0 spiro atoms. The van der Waals surface area contributed by atoms with Crippen LogP contribution in [0, 0.1) is 6.92 Å². The van der Waals surface area contributed by atoms with Gasteiger partial charge in [0.15, 0.2) is 0 Å². The van der Waals surface area contributed by atoms with Crippen LogP contribution in [-0.4, -0.2) is 12.6 Å². The summed E-state index contributed by atoms with van der Waals surface area (Å²) in [6.45, 7) is 3.99. The maximum absolute atomic E-state index is 5.61. The Labute approximate surface area is 126 Å². The van der Waals surface area contributed by atoms with Gasteiger partial charge in [-0.05, 0) is 65.8 Å². The molecule has 0 saturated heterocycles. The van der Waals surface area contributed by atoms with Crippen molar-refractivity contribution < 1.29 is 4.74 Å². The molecule has 0 amide bonds. The van der Waals surface area contributed by atoms with E-state index in [-0.39, 0.29) is 0 Å². The van der Waals surface area contributed by atoms with Crippen molar-refractivity contribution in [1.82, 2.24) is 5.32 Å². The average Bonchev–Trinajstić information content (AvgIpc) is 3.21. The molecule has 1 aliphatic heterocycles. The van der Waals surface area contributed by atoms with Gasteiger partial charge in [0.25, 0.3) is 0 Å². The predicted molar refractivity (Wildman–Crippen MR) is 85.7 cm³/mol. The lowest BCUT2D eigenvalue weighted by Gasteiger charge is -2.11. The van der Waals surface area contributed by atoms with Crippen molar-refractivity contribution >= 4 is 0 Å². The Morgan fingerprint density at radius 3 is 2.90 bits per heavy atom. The molecule has 2 nitrogen and oxygen atoms in total. The van der Waals surface area contributed by atoms with E-state index in [2.05, 4.69) is 48.6 Å². The molecule has 1 N–H and O–H groups in total. The van der Waals surface area contributed by atoms with E-state index in [0.29, 0.717) is 0 Å². The number of rotatable bonds is 4. The molecular weight excluding hydrogens is 258 g/mol. The minimum atomic E-state index is 0.756. The van der Waals surface area contributed by atoms with Crippen molar-refractivity contribution in [2.45, 2.75) is 38.8 Å². The Balaban J connectivity index is 1.64. The van der Waals surface area contributed by atoms with Crippen molar-refractivity contribution in [1.29, 1.82) is 0 Å². The Bertz CT molecular complexity index is 673. The van der Waals surface area contributed by atoms with E-state index < -0.39 is 0 Å². The third-order valence-corrected chi connectivity index (χ3v) is 4.47. The molecular formula is C19H21NO. The van der Waals surface area contributed by atoms with Gasteiger partial charge in [0, 0.05) is 19.0 Å². The molecule has 2 aromatic rings. The van der Waals surface area contributed by atoms with E-state index in [1.54, 1.807) is 0 Å². The molecule has 2 aliphatic rings. The summed E-state index contributed by atoms with van der Waals surface area (Å²) < 4.78 is 5.61. The first kappa shape index (κ1) is 12.9. The summed E-state index contributed by atoms with van der Waals surface area (Å²) in [4.78, 5) is 0. The Kier molecular flexibility index (Phi) is 3.19. The van der Waals surface area contributed by atoms with E-state index in [1.807, 2.05) is 0 Å². The van der Waals surface area contributed by atoms with E-state index in [0.717, 1.165) is 31.4 Å². The first-order valence-corrected chi connectivity index (χ1v) is 7.88. The van der Waals surface area contributed by atoms with Gasteiger partial charge >= 0.3 is 0 Å². The van der Waals surface area contributed by atoms with Crippen LogP contribution in [-0.2, 0) is 13.0 Å². The number of hydrogen-bond donors (Lipinski definition) is 1. The zero-order valence-corrected chi connectivity index (χ0v) is 12.5. The SMILES string of the molecule is Cc1ccc(CNC2CC2)cc1-c1ccc2c(c1)CCO2. The maximum Gasteiger partial charge on any atom is 0.122 e. The monoisotopic (exact) mass is 279 g/mol. The van der Waals surface area contributed by atoms with Crippen LogP contribution in [0.2, 0.25) is 0 Å². The van der Waals surface area contributed by atoms with Crippen LogP contribution in [0.25, 0.3) is 11.1 Å². The topological polar surface area (TPSA) is 21.3 Å². The molecule has 1 saturated carbocycles. The second-order valence-corrected chi connectivity index (χ2v) is 6.23. The van der Waals surface area contributed by atoms with Crippen LogP contribution < -0.4 is 10.1 Å². The lowest BCUT2D eigenvalue weighted by Crippen LogP contribution is -2.15. The van der Waals surface area contributed by atoms with Gasteiger partial charge in [-0.2, -0.15) is 0 Å². The second kappa shape index (κ2) is 5.19. The highest BCUT2D eigenvalue weighted by Crippen LogP contribution is 2.32. The number of fused-ring (bicyclic) bond motifs is 1. The number of benzene rings is 2. The van der Waals surface area contributed by atoms with Gasteiger partial charge in [0.2, 0.25) is 0 Å². The fourth-order valence-corrected chi connectivity index (χ4v) is 2.99. The molecule has 2 heteroatoms. The summed E-state index contributed by atoms with van der Waals surface area (Å²) in [5, 5.41) is 3.59. The quantitative estimate of drug-likeness (QED) is 0.918. The molecule has 0 atom stereocenters. The zero-order valence-electron chi connectivity index (χ0n) is 12.5. The van der Waals surface area contributed by atoms with Crippen LogP contribution >= 0.6 is 0 Å². The van der Waals surface area contributed by atoms with Crippen LogP contribution in [0.1, 0.15) is 29.5 Å². The highest BCUT2D eigenvalue weighted by atomic mass is 16.5. The van der Waals surface area contributed by atoms with Gasteiger partial charge < -0.3 is 10.1 Å². The largest absolute Gasteiger partial charge is 0.493 e. The molecule has 1 fully saturated rings. The molecule has 108 valence electrons. The van der Waals surface area contributed by atoms with Crippen molar-refractivity contribution in [3.05, 3.63) is 53.1 Å². The van der Waals surface area contributed by atoms with E-state index in [1.165, 1.54) is 40.7 Å². The van der Waals surface area contributed by atoms with Crippen molar-refractivity contribution in [3.63, 3.8) is 0 Å². The molecule has 21 heavy (non-hydrogen) atoms. The second-order valence-electron chi connectivity index (χ2n) is 6.23. The number of ether oxygens (including phenoxy) is 1. The van der Waals surface area contributed by atoms with E-state index in [9.17, 15) is 0 Å². The fraction of sp³-hybridized carbons (Fsp3) is 0.368. The first-order chi connectivity index (χ1) is 10.3. The van der Waals surface area contributed by atoms with Gasteiger partial charge in [-0.15, -0.1) is 0 Å². The van der Waals surface area contributed by atoms with Crippen molar-refractivity contribution in [2.24, 2.45) is 0 Å².